The van der Waals surface area contributed by atoms with Crippen LogP contribution < -0.4 is 0 Å². The Morgan fingerprint density at radius 2 is 2.15 bits per heavy atom. The molecule has 2 aromatic heterocycles. The molecule has 0 radical (unpaired) electrons. The molecule has 0 unspecified atom stereocenters. The van der Waals surface area contributed by atoms with Gasteiger partial charge in [-0.25, -0.2) is 4.98 Å². The molecule has 26 heavy (non-hydrogen) atoms. The van der Waals surface area contributed by atoms with Gasteiger partial charge in [-0.3, -0.25) is 9.78 Å². The summed E-state index contributed by atoms with van der Waals surface area (Å²) in [6.45, 7) is 5.30. The summed E-state index contributed by atoms with van der Waals surface area (Å²) >= 11 is 0. The lowest BCUT2D eigenvalue weighted by Crippen LogP contribution is -2.41. The minimum Gasteiger partial charge on any atom is -0.372 e. The third-order valence-corrected chi connectivity index (χ3v) is 4.86. The van der Waals surface area contributed by atoms with E-state index in [9.17, 15) is 4.79 Å². The number of likely N-dealkylation sites (tertiary alicyclic amines) is 1. The van der Waals surface area contributed by atoms with Crippen molar-refractivity contribution in [3.63, 3.8) is 0 Å². The average molecular weight is 356 g/mol. The van der Waals surface area contributed by atoms with E-state index in [2.05, 4.69) is 21.5 Å². The summed E-state index contributed by atoms with van der Waals surface area (Å²) in [6, 6.07) is 4.04. The maximum atomic E-state index is 12.4. The summed E-state index contributed by atoms with van der Waals surface area (Å²) in [4.78, 5) is 23.0. The molecule has 6 nitrogen and oxygen atoms in total. The van der Waals surface area contributed by atoms with Gasteiger partial charge in [0.25, 0.3) is 0 Å². The lowest BCUT2D eigenvalue weighted by Gasteiger charge is -2.32. The number of aromatic nitrogens is 3. The Labute approximate surface area is 155 Å². The molecule has 3 rings (SSSR count). The molecule has 0 aromatic carbocycles. The van der Waals surface area contributed by atoms with Gasteiger partial charge in [-0.05, 0) is 37.0 Å². The van der Waals surface area contributed by atoms with E-state index in [0.717, 1.165) is 51.1 Å². The van der Waals surface area contributed by atoms with E-state index in [0.29, 0.717) is 6.61 Å². The number of hydrogen-bond acceptors (Lipinski definition) is 4. The zero-order valence-corrected chi connectivity index (χ0v) is 15.5. The number of carbonyl (C=O) groups is 1. The Balaban J connectivity index is 1.59. The van der Waals surface area contributed by atoms with Crippen LogP contribution in [-0.4, -0.2) is 51.6 Å². The average Bonchev–Trinajstić information content (AvgIpc) is 3.14. The van der Waals surface area contributed by atoms with Gasteiger partial charge in [-0.2, -0.15) is 0 Å². The fraction of sp³-hybridized carbons (Fsp3) is 0.550. The highest BCUT2D eigenvalue weighted by atomic mass is 16.5. The molecule has 1 aliphatic heterocycles. The number of piperidine rings is 1. The van der Waals surface area contributed by atoms with Crippen molar-refractivity contribution in [3.8, 4) is 0 Å². The molecule has 1 aliphatic rings. The number of nitrogens with zero attached hydrogens (tertiary/aromatic N) is 4. The van der Waals surface area contributed by atoms with Gasteiger partial charge in [-0.15, -0.1) is 0 Å². The van der Waals surface area contributed by atoms with Gasteiger partial charge >= 0.3 is 0 Å². The number of unbranched alkanes of at least 4 members (excludes halogenated alkanes) is 1. The summed E-state index contributed by atoms with van der Waals surface area (Å²) in [6.07, 6.45) is 11.6. The lowest BCUT2D eigenvalue weighted by molar-refractivity contribution is -0.137. The maximum absolute atomic E-state index is 12.4. The standard InChI is InChI=1S/C20H28N4O2/c1-2-3-13-26-16-19(25)23-11-4-5-18(15-23)20-22-10-12-24(20)14-17-6-8-21-9-7-17/h6-10,12,18H,2-5,11,13-16H2,1H3/t18-/m0/s1. The predicted octanol–water partition coefficient (Wildman–Crippen LogP) is 2.85. The smallest absolute Gasteiger partial charge is 0.248 e. The van der Waals surface area contributed by atoms with Crippen LogP contribution in [0.1, 0.15) is 49.9 Å². The Hall–Kier alpha value is -2.21. The minimum atomic E-state index is 0.0954. The van der Waals surface area contributed by atoms with E-state index in [1.54, 1.807) is 0 Å². The van der Waals surface area contributed by atoms with Crippen molar-refractivity contribution in [1.82, 2.24) is 19.4 Å². The molecule has 0 saturated carbocycles. The van der Waals surface area contributed by atoms with Crippen molar-refractivity contribution in [2.24, 2.45) is 0 Å². The molecular formula is C20H28N4O2. The second-order valence-electron chi connectivity index (χ2n) is 6.85. The lowest BCUT2D eigenvalue weighted by atomic mass is 9.97. The second-order valence-corrected chi connectivity index (χ2v) is 6.85. The number of imidazole rings is 1. The SMILES string of the molecule is CCCCOCC(=O)N1CCC[C@H](c2nccn2Cc2ccncc2)C1. The van der Waals surface area contributed by atoms with E-state index < -0.39 is 0 Å². The fourth-order valence-electron chi connectivity index (χ4n) is 3.41. The van der Waals surface area contributed by atoms with Crippen LogP contribution in [0, 0.1) is 0 Å². The first-order chi connectivity index (χ1) is 12.8. The molecule has 1 fully saturated rings. The van der Waals surface area contributed by atoms with Gasteiger partial charge in [0, 0.05) is 56.9 Å². The molecule has 2 aromatic rings. The number of pyridine rings is 1. The summed E-state index contributed by atoms with van der Waals surface area (Å²) < 4.78 is 7.69. The van der Waals surface area contributed by atoms with Crippen LogP contribution in [0.3, 0.4) is 0 Å². The van der Waals surface area contributed by atoms with Crippen molar-refractivity contribution in [2.45, 2.75) is 45.1 Å². The molecule has 3 heterocycles. The third-order valence-electron chi connectivity index (χ3n) is 4.86. The zero-order chi connectivity index (χ0) is 18.2. The van der Waals surface area contributed by atoms with E-state index in [1.165, 1.54) is 5.56 Å². The van der Waals surface area contributed by atoms with Crippen LogP contribution in [0.4, 0.5) is 0 Å². The molecule has 0 bridgehead atoms. The highest BCUT2D eigenvalue weighted by Crippen LogP contribution is 2.26. The van der Waals surface area contributed by atoms with E-state index in [1.807, 2.05) is 41.8 Å². The monoisotopic (exact) mass is 356 g/mol. The van der Waals surface area contributed by atoms with Crippen molar-refractivity contribution in [2.75, 3.05) is 26.3 Å². The Kier molecular flexibility index (Phi) is 6.77. The molecule has 1 saturated heterocycles. The molecule has 0 aliphatic carbocycles. The van der Waals surface area contributed by atoms with Crippen LogP contribution >= 0.6 is 0 Å². The molecular weight excluding hydrogens is 328 g/mol. The van der Waals surface area contributed by atoms with Gasteiger partial charge in [-0.1, -0.05) is 13.3 Å². The third kappa shape index (κ3) is 4.91. The van der Waals surface area contributed by atoms with Crippen molar-refractivity contribution >= 4 is 5.91 Å². The molecule has 0 spiro atoms. The van der Waals surface area contributed by atoms with Gasteiger partial charge in [0.1, 0.15) is 12.4 Å². The summed E-state index contributed by atoms with van der Waals surface area (Å²) in [7, 11) is 0. The maximum Gasteiger partial charge on any atom is 0.248 e. The Morgan fingerprint density at radius 1 is 1.31 bits per heavy atom. The number of rotatable bonds is 8. The number of amides is 1. The molecule has 6 heteroatoms. The number of hydrogen-bond donors (Lipinski definition) is 0. The topological polar surface area (TPSA) is 60.2 Å². The van der Waals surface area contributed by atoms with Crippen molar-refractivity contribution in [1.29, 1.82) is 0 Å². The Bertz CT molecular complexity index is 686. The normalized spacial score (nSPS) is 17.4. The zero-order valence-electron chi connectivity index (χ0n) is 15.5. The largest absolute Gasteiger partial charge is 0.372 e. The van der Waals surface area contributed by atoms with Gasteiger partial charge < -0.3 is 14.2 Å². The first kappa shape index (κ1) is 18.6. The van der Waals surface area contributed by atoms with Crippen molar-refractivity contribution < 1.29 is 9.53 Å². The van der Waals surface area contributed by atoms with Crippen molar-refractivity contribution in [3.05, 3.63) is 48.3 Å². The quantitative estimate of drug-likeness (QED) is 0.683. The predicted molar refractivity (Wildman–Crippen MR) is 99.8 cm³/mol. The van der Waals surface area contributed by atoms with E-state index >= 15 is 0 Å². The molecule has 1 amide bonds. The second kappa shape index (κ2) is 9.48. The molecule has 140 valence electrons. The summed E-state index contributed by atoms with van der Waals surface area (Å²) in [5.41, 5.74) is 1.20. The van der Waals surface area contributed by atoms with Crippen LogP contribution in [0.2, 0.25) is 0 Å². The van der Waals surface area contributed by atoms with Crippen LogP contribution in [0.25, 0.3) is 0 Å². The van der Waals surface area contributed by atoms with Gasteiger partial charge in [0.05, 0.1) is 0 Å². The van der Waals surface area contributed by atoms with Gasteiger partial charge in [0.2, 0.25) is 5.91 Å². The fourth-order valence-corrected chi connectivity index (χ4v) is 3.41. The molecule has 0 N–H and O–H groups in total. The highest BCUT2D eigenvalue weighted by Gasteiger charge is 2.27. The minimum absolute atomic E-state index is 0.0954. The first-order valence-corrected chi connectivity index (χ1v) is 9.53. The summed E-state index contributed by atoms with van der Waals surface area (Å²) in [5, 5.41) is 0. The van der Waals surface area contributed by atoms with Crippen LogP contribution in [0.5, 0.6) is 0 Å². The van der Waals surface area contributed by atoms with Crippen LogP contribution in [0.15, 0.2) is 36.9 Å². The number of ether oxygens (including phenoxy) is 1. The first-order valence-electron chi connectivity index (χ1n) is 9.53. The van der Waals surface area contributed by atoms with E-state index in [-0.39, 0.29) is 18.4 Å². The van der Waals surface area contributed by atoms with Gasteiger partial charge in [0.15, 0.2) is 0 Å². The number of carbonyl (C=O) groups excluding carboxylic acids is 1. The Morgan fingerprint density at radius 3 is 2.96 bits per heavy atom. The summed E-state index contributed by atoms with van der Waals surface area (Å²) in [5.74, 6) is 1.43. The highest BCUT2D eigenvalue weighted by molar-refractivity contribution is 5.77. The van der Waals surface area contributed by atoms with Crippen LogP contribution in [-0.2, 0) is 16.1 Å². The molecule has 1 atom stereocenters. The van der Waals surface area contributed by atoms with E-state index in [4.69, 9.17) is 4.74 Å².